The summed E-state index contributed by atoms with van der Waals surface area (Å²) in [7, 11) is 0. The summed E-state index contributed by atoms with van der Waals surface area (Å²) in [4.78, 5) is 0. The molecule has 128 valence electrons. The number of halogens is 3. The highest BCUT2D eigenvalue weighted by Gasteiger charge is 2.33. The summed E-state index contributed by atoms with van der Waals surface area (Å²) in [5.41, 5.74) is 0.902. The Balaban J connectivity index is 1.74. The van der Waals surface area contributed by atoms with Crippen molar-refractivity contribution >= 4 is 0 Å². The zero-order valence-electron chi connectivity index (χ0n) is 13.3. The lowest BCUT2D eigenvalue weighted by Gasteiger charge is -2.34. The summed E-state index contributed by atoms with van der Waals surface area (Å²) in [5, 5.41) is 6.82. The summed E-state index contributed by atoms with van der Waals surface area (Å²) in [6, 6.07) is 16.1. The smallest absolute Gasteiger partial charge is 0.309 e. The van der Waals surface area contributed by atoms with Crippen LogP contribution < -0.4 is 10.6 Å². The minimum Gasteiger partial charge on any atom is -0.309 e. The van der Waals surface area contributed by atoms with E-state index in [2.05, 4.69) is 22.8 Å². The van der Waals surface area contributed by atoms with E-state index in [0.29, 0.717) is 5.56 Å². The molecule has 2 aromatic rings. The first-order valence-electron chi connectivity index (χ1n) is 8.22. The van der Waals surface area contributed by atoms with E-state index in [4.69, 9.17) is 0 Å². The van der Waals surface area contributed by atoms with E-state index in [9.17, 15) is 13.2 Å². The Morgan fingerprint density at radius 3 is 2.46 bits per heavy atom. The molecule has 1 aliphatic rings. The van der Waals surface area contributed by atoms with Crippen LogP contribution in [0.5, 0.6) is 0 Å². The Hall–Kier alpha value is -1.85. The van der Waals surface area contributed by atoms with Crippen LogP contribution in [-0.4, -0.2) is 12.6 Å². The van der Waals surface area contributed by atoms with Crippen molar-refractivity contribution in [3.05, 3.63) is 71.3 Å². The van der Waals surface area contributed by atoms with E-state index < -0.39 is 11.7 Å². The lowest BCUT2D eigenvalue weighted by atomic mass is 9.92. The third-order valence-electron chi connectivity index (χ3n) is 4.49. The number of rotatable bonds is 4. The molecule has 1 heterocycles. The predicted molar refractivity (Wildman–Crippen MR) is 88.5 cm³/mol. The third-order valence-corrected chi connectivity index (χ3v) is 4.49. The second-order valence-electron chi connectivity index (χ2n) is 6.13. The Labute approximate surface area is 140 Å². The zero-order valence-corrected chi connectivity index (χ0v) is 13.3. The van der Waals surface area contributed by atoms with Crippen LogP contribution in [0, 0.1) is 0 Å². The molecule has 0 saturated carbocycles. The molecule has 0 radical (unpaired) electrons. The van der Waals surface area contributed by atoms with E-state index in [0.717, 1.165) is 25.5 Å². The molecule has 5 heteroatoms. The maximum atomic E-state index is 13.1. The number of hydrogen-bond acceptors (Lipinski definition) is 2. The molecule has 1 saturated heterocycles. The average molecular weight is 334 g/mol. The molecule has 0 aromatic heterocycles. The molecule has 2 aromatic carbocycles. The Morgan fingerprint density at radius 1 is 1.00 bits per heavy atom. The maximum absolute atomic E-state index is 13.1. The molecular weight excluding hydrogens is 313 g/mol. The molecule has 0 aliphatic carbocycles. The van der Waals surface area contributed by atoms with Gasteiger partial charge >= 0.3 is 6.18 Å². The zero-order chi connectivity index (χ0) is 17.0. The van der Waals surface area contributed by atoms with Gasteiger partial charge in [0.2, 0.25) is 0 Å². The van der Waals surface area contributed by atoms with E-state index >= 15 is 0 Å². The maximum Gasteiger partial charge on any atom is 0.416 e. The van der Waals surface area contributed by atoms with Gasteiger partial charge in [-0.05, 0) is 36.6 Å². The molecule has 0 amide bonds. The Morgan fingerprint density at radius 2 is 1.71 bits per heavy atom. The van der Waals surface area contributed by atoms with E-state index in [-0.39, 0.29) is 18.6 Å². The van der Waals surface area contributed by atoms with Gasteiger partial charge in [0.1, 0.15) is 0 Å². The number of piperidine rings is 1. The number of benzene rings is 2. The molecule has 1 fully saturated rings. The molecule has 2 N–H and O–H groups in total. The summed E-state index contributed by atoms with van der Waals surface area (Å²) in [5.74, 6) is 0. The van der Waals surface area contributed by atoms with Crippen LogP contribution in [0.2, 0.25) is 0 Å². The molecule has 24 heavy (non-hydrogen) atoms. The second-order valence-corrected chi connectivity index (χ2v) is 6.13. The molecule has 1 aliphatic heterocycles. The van der Waals surface area contributed by atoms with Gasteiger partial charge in [0.05, 0.1) is 5.56 Å². The quantitative estimate of drug-likeness (QED) is 0.872. The van der Waals surface area contributed by atoms with Gasteiger partial charge in [-0.3, -0.25) is 0 Å². The second kappa shape index (κ2) is 7.36. The number of hydrogen-bond donors (Lipinski definition) is 2. The first-order valence-corrected chi connectivity index (χ1v) is 8.22. The standard InChI is InChI=1S/C19H21F3N2/c20-19(21,22)16-10-5-4-9-15(16)13-24-17-11-6-12-23-18(17)14-7-2-1-3-8-14/h1-5,7-10,17-18,23-24H,6,11-13H2/t17-,18-/m0/s1. The monoisotopic (exact) mass is 334 g/mol. The van der Waals surface area contributed by atoms with Crippen molar-refractivity contribution < 1.29 is 13.2 Å². The van der Waals surface area contributed by atoms with E-state index in [1.807, 2.05) is 18.2 Å². The minimum absolute atomic E-state index is 0.113. The normalized spacial score (nSPS) is 21.6. The molecule has 0 unspecified atom stereocenters. The van der Waals surface area contributed by atoms with E-state index in [1.54, 1.807) is 12.1 Å². The van der Waals surface area contributed by atoms with Crippen LogP contribution in [0.15, 0.2) is 54.6 Å². The topological polar surface area (TPSA) is 24.1 Å². The van der Waals surface area contributed by atoms with Crippen molar-refractivity contribution in [3.63, 3.8) is 0 Å². The van der Waals surface area contributed by atoms with Gasteiger partial charge in [-0.2, -0.15) is 13.2 Å². The summed E-state index contributed by atoms with van der Waals surface area (Å²) in [6.45, 7) is 1.14. The van der Waals surface area contributed by atoms with Gasteiger partial charge in [-0.15, -0.1) is 0 Å². The molecule has 0 bridgehead atoms. The molecule has 2 nitrogen and oxygen atoms in total. The SMILES string of the molecule is FC(F)(F)c1ccccc1CN[C@H]1CCCN[C@H]1c1ccccc1. The molecule has 0 spiro atoms. The molecular formula is C19H21F3N2. The van der Waals surface area contributed by atoms with Gasteiger partial charge in [-0.25, -0.2) is 0 Å². The molecule has 3 rings (SSSR count). The number of alkyl halides is 3. The lowest BCUT2D eigenvalue weighted by Crippen LogP contribution is -2.45. The van der Waals surface area contributed by atoms with Crippen molar-refractivity contribution in [2.24, 2.45) is 0 Å². The fraction of sp³-hybridized carbons (Fsp3) is 0.368. The third kappa shape index (κ3) is 3.97. The van der Waals surface area contributed by atoms with Crippen LogP contribution in [0.1, 0.15) is 35.6 Å². The van der Waals surface area contributed by atoms with Crippen LogP contribution in [0.4, 0.5) is 13.2 Å². The van der Waals surface area contributed by atoms with Crippen molar-refractivity contribution in [2.45, 2.75) is 37.6 Å². The Kier molecular flexibility index (Phi) is 5.21. The molecule has 2 atom stereocenters. The highest BCUT2D eigenvalue weighted by atomic mass is 19.4. The van der Waals surface area contributed by atoms with Gasteiger partial charge in [0, 0.05) is 18.6 Å². The predicted octanol–water partition coefficient (Wildman–Crippen LogP) is 4.29. The van der Waals surface area contributed by atoms with E-state index in [1.165, 1.54) is 11.6 Å². The van der Waals surface area contributed by atoms with Crippen LogP contribution in [-0.2, 0) is 12.7 Å². The van der Waals surface area contributed by atoms with Crippen LogP contribution in [0.3, 0.4) is 0 Å². The van der Waals surface area contributed by atoms with Crippen molar-refractivity contribution in [3.8, 4) is 0 Å². The summed E-state index contributed by atoms with van der Waals surface area (Å²) in [6.07, 6.45) is -2.36. The number of nitrogens with one attached hydrogen (secondary N) is 2. The van der Waals surface area contributed by atoms with Crippen molar-refractivity contribution in [2.75, 3.05) is 6.54 Å². The lowest BCUT2D eigenvalue weighted by molar-refractivity contribution is -0.138. The largest absolute Gasteiger partial charge is 0.416 e. The summed E-state index contributed by atoms with van der Waals surface area (Å²) >= 11 is 0. The first-order chi connectivity index (χ1) is 11.6. The van der Waals surface area contributed by atoms with Gasteiger partial charge < -0.3 is 10.6 Å². The Bertz CT molecular complexity index is 655. The fourth-order valence-electron chi connectivity index (χ4n) is 3.31. The minimum atomic E-state index is -4.32. The van der Waals surface area contributed by atoms with Crippen LogP contribution >= 0.6 is 0 Å². The fourth-order valence-corrected chi connectivity index (χ4v) is 3.31. The van der Waals surface area contributed by atoms with Crippen LogP contribution in [0.25, 0.3) is 0 Å². The van der Waals surface area contributed by atoms with Crippen molar-refractivity contribution in [1.82, 2.24) is 10.6 Å². The average Bonchev–Trinajstić information content (AvgIpc) is 2.60. The van der Waals surface area contributed by atoms with Crippen molar-refractivity contribution in [1.29, 1.82) is 0 Å². The van der Waals surface area contributed by atoms with Gasteiger partial charge in [-0.1, -0.05) is 48.5 Å². The van der Waals surface area contributed by atoms with Gasteiger partial charge in [0.25, 0.3) is 0 Å². The first kappa shape index (κ1) is 17.0. The van der Waals surface area contributed by atoms with Gasteiger partial charge in [0.15, 0.2) is 0 Å². The summed E-state index contributed by atoms with van der Waals surface area (Å²) < 4.78 is 39.3. The highest BCUT2D eigenvalue weighted by Crippen LogP contribution is 2.32. The highest BCUT2D eigenvalue weighted by molar-refractivity contribution is 5.30.